The number of aryl methyl sites for hydroxylation is 1. The summed E-state index contributed by atoms with van der Waals surface area (Å²) in [6.45, 7) is 5.55. The first-order valence-electron chi connectivity index (χ1n) is 11.8. The highest BCUT2D eigenvalue weighted by molar-refractivity contribution is 6.31. The maximum atomic E-state index is 13.0. The van der Waals surface area contributed by atoms with Crippen LogP contribution in [0.1, 0.15) is 48.0 Å². The molecule has 2 fully saturated rings. The summed E-state index contributed by atoms with van der Waals surface area (Å²) in [6, 6.07) is 11.7. The van der Waals surface area contributed by atoms with Crippen LogP contribution in [-0.4, -0.2) is 47.5 Å². The average Bonchev–Trinajstić information content (AvgIpc) is 3.35. The molecule has 4 heterocycles. The third-order valence-corrected chi connectivity index (χ3v) is 7.69. The number of ketones is 1. The molecule has 0 bridgehead atoms. The van der Waals surface area contributed by atoms with Gasteiger partial charge in [-0.25, -0.2) is 9.97 Å². The third-order valence-electron chi connectivity index (χ3n) is 7.28. The molecule has 0 radical (unpaired) electrons. The first-order valence-corrected chi connectivity index (χ1v) is 12.2. The van der Waals surface area contributed by atoms with Crippen LogP contribution in [0.4, 0.5) is 11.6 Å². The van der Waals surface area contributed by atoms with E-state index in [2.05, 4.69) is 9.80 Å². The third kappa shape index (κ3) is 3.61. The van der Waals surface area contributed by atoms with E-state index in [1.165, 1.54) is 12.8 Å². The Morgan fingerprint density at radius 1 is 0.939 bits per heavy atom. The minimum absolute atomic E-state index is 0.120. The SMILES string of the molecule is Cc1cc2c(cc1Cl)C(=O)CC1(CCN(c3nc4ccccc4nc3N3CCCC3)CC1)O2. The molecule has 2 saturated heterocycles. The van der Waals surface area contributed by atoms with E-state index >= 15 is 0 Å². The number of hydrogen-bond donors (Lipinski definition) is 0. The standard InChI is InChI=1S/C26H27ClN4O2/c1-17-14-23-18(15-19(17)27)22(32)16-26(33-23)8-12-31(13-9-26)25-24(30-10-4-5-11-30)28-20-6-2-3-7-21(20)29-25/h2-3,6-7,14-15H,4-5,8-13,16H2,1H3. The molecule has 0 N–H and O–H groups in total. The average molecular weight is 463 g/mol. The zero-order valence-electron chi connectivity index (χ0n) is 18.8. The molecule has 6 rings (SSSR count). The Kier molecular flexibility index (Phi) is 4.94. The molecule has 0 amide bonds. The fourth-order valence-electron chi connectivity index (χ4n) is 5.35. The Bertz CT molecular complexity index is 1250. The van der Waals surface area contributed by atoms with Crippen molar-refractivity contribution in [1.82, 2.24) is 9.97 Å². The number of nitrogens with zero attached hydrogens (tertiary/aromatic N) is 4. The van der Waals surface area contributed by atoms with Crippen molar-refractivity contribution in [2.75, 3.05) is 36.0 Å². The molecule has 6 nitrogen and oxygen atoms in total. The number of rotatable bonds is 2. The first kappa shape index (κ1) is 20.7. The predicted octanol–water partition coefficient (Wildman–Crippen LogP) is 5.20. The van der Waals surface area contributed by atoms with E-state index in [1.54, 1.807) is 6.07 Å². The minimum Gasteiger partial charge on any atom is -0.486 e. The highest BCUT2D eigenvalue weighted by atomic mass is 35.5. The summed E-state index contributed by atoms with van der Waals surface area (Å²) in [7, 11) is 0. The summed E-state index contributed by atoms with van der Waals surface area (Å²) >= 11 is 6.25. The number of Topliss-reactive ketones (excluding diaryl/α,β-unsaturated/α-hetero) is 1. The van der Waals surface area contributed by atoms with E-state index < -0.39 is 5.60 Å². The predicted molar refractivity (Wildman–Crippen MR) is 131 cm³/mol. The van der Waals surface area contributed by atoms with Crippen LogP contribution in [0.2, 0.25) is 5.02 Å². The smallest absolute Gasteiger partial charge is 0.172 e. The molecule has 3 aliphatic rings. The zero-order valence-corrected chi connectivity index (χ0v) is 19.6. The number of carbonyl (C=O) groups is 1. The van der Waals surface area contributed by atoms with Gasteiger partial charge in [-0.3, -0.25) is 4.79 Å². The number of hydrogen-bond acceptors (Lipinski definition) is 6. The fourth-order valence-corrected chi connectivity index (χ4v) is 5.52. The number of halogens is 1. The van der Waals surface area contributed by atoms with Gasteiger partial charge in [-0.1, -0.05) is 23.7 Å². The zero-order chi connectivity index (χ0) is 22.6. The molecule has 1 spiro atoms. The van der Waals surface area contributed by atoms with Gasteiger partial charge in [0.15, 0.2) is 17.4 Å². The van der Waals surface area contributed by atoms with E-state index in [1.807, 2.05) is 37.3 Å². The van der Waals surface area contributed by atoms with Gasteiger partial charge in [-0.15, -0.1) is 0 Å². The Hall–Kier alpha value is -2.86. The largest absolute Gasteiger partial charge is 0.486 e. The lowest BCUT2D eigenvalue weighted by Gasteiger charge is -2.44. The second-order valence-electron chi connectivity index (χ2n) is 9.52. The van der Waals surface area contributed by atoms with Gasteiger partial charge in [0.25, 0.3) is 0 Å². The summed E-state index contributed by atoms with van der Waals surface area (Å²) in [4.78, 5) is 27.7. The van der Waals surface area contributed by atoms with Gasteiger partial charge in [0.2, 0.25) is 0 Å². The molecule has 3 aliphatic heterocycles. The second-order valence-corrected chi connectivity index (χ2v) is 9.93. The van der Waals surface area contributed by atoms with E-state index in [0.29, 0.717) is 22.8 Å². The molecular formula is C26H27ClN4O2. The number of aromatic nitrogens is 2. The summed E-state index contributed by atoms with van der Waals surface area (Å²) in [5.41, 5.74) is 2.93. The summed E-state index contributed by atoms with van der Waals surface area (Å²) in [6.07, 6.45) is 4.32. The number of anilines is 2. The Labute approximate surface area is 198 Å². The first-order chi connectivity index (χ1) is 16.0. The van der Waals surface area contributed by atoms with Crippen molar-refractivity contribution in [3.8, 4) is 5.75 Å². The van der Waals surface area contributed by atoms with Crippen molar-refractivity contribution in [2.24, 2.45) is 0 Å². The van der Waals surface area contributed by atoms with Crippen molar-refractivity contribution >= 4 is 40.1 Å². The van der Waals surface area contributed by atoms with Gasteiger partial charge >= 0.3 is 0 Å². The van der Waals surface area contributed by atoms with Crippen LogP contribution in [0.5, 0.6) is 5.75 Å². The van der Waals surface area contributed by atoms with Crippen LogP contribution >= 0.6 is 11.6 Å². The number of para-hydroxylation sites is 2. The van der Waals surface area contributed by atoms with Crippen LogP contribution in [0.25, 0.3) is 11.0 Å². The molecule has 3 aromatic rings. The summed E-state index contributed by atoms with van der Waals surface area (Å²) < 4.78 is 6.50. The Balaban J connectivity index is 1.29. The molecule has 33 heavy (non-hydrogen) atoms. The monoisotopic (exact) mass is 462 g/mol. The molecular weight excluding hydrogens is 436 g/mol. The molecule has 1 aromatic heterocycles. The van der Waals surface area contributed by atoms with Gasteiger partial charge in [0, 0.05) is 44.0 Å². The quantitative estimate of drug-likeness (QED) is 0.522. The van der Waals surface area contributed by atoms with Gasteiger partial charge in [0.1, 0.15) is 11.4 Å². The summed E-state index contributed by atoms with van der Waals surface area (Å²) in [5.74, 6) is 2.73. The Morgan fingerprint density at radius 2 is 1.55 bits per heavy atom. The number of carbonyl (C=O) groups excluding carboxylic acids is 1. The molecule has 170 valence electrons. The molecule has 0 aliphatic carbocycles. The number of piperidine rings is 1. The van der Waals surface area contributed by atoms with Crippen LogP contribution in [0.3, 0.4) is 0 Å². The van der Waals surface area contributed by atoms with Gasteiger partial charge in [-0.2, -0.15) is 0 Å². The lowest BCUT2D eigenvalue weighted by Crippen LogP contribution is -2.51. The maximum Gasteiger partial charge on any atom is 0.172 e. The van der Waals surface area contributed by atoms with Crippen molar-refractivity contribution in [2.45, 2.75) is 44.6 Å². The normalized spacial score (nSPS) is 19.8. The number of benzene rings is 2. The van der Waals surface area contributed by atoms with E-state index in [-0.39, 0.29) is 5.78 Å². The van der Waals surface area contributed by atoms with E-state index in [9.17, 15) is 4.79 Å². The molecule has 7 heteroatoms. The van der Waals surface area contributed by atoms with Crippen molar-refractivity contribution in [1.29, 1.82) is 0 Å². The minimum atomic E-state index is -0.459. The highest BCUT2D eigenvalue weighted by Gasteiger charge is 2.44. The molecule has 0 saturated carbocycles. The van der Waals surface area contributed by atoms with Crippen LogP contribution in [0.15, 0.2) is 36.4 Å². The molecule has 0 unspecified atom stereocenters. The van der Waals surface area contributed by atoms with Gasteiger partial charge in [-0.05, 0) is 49.6 Å². The van der Waals surface area contributed by atoms with Crippen LogP contribution in [-0.2, 0) is 0 Å². The topological polar surface area (TPSA) is 58.6 Å². The van der Waals surface area contributed by atoms with E-state index in [4.69, 9.17) is 26.3 Å². The lowest BCUT2D eigenvalue weighted by atomic mass is 9.82. The lowest BCUT2D eigenvalue weighted by molar-refractivity contribution is 0.0231. The van der Waals surface area contributed by atoms with Crippen LogP contribution < -0.4 is 14.5 Å². The molecule has 0 atom stereocenters. The van der Waals surface area contributed by atoms with Gasteiger partial charge < -0.3 is 14.5 Å². The van der Waals surface area contributed by atoms with Crippen LogP contribution in [0, 0.1) is 6.92 Å². The molecule has 2 aromatic carbocycles. The highest BCUT2D eigenvalue weighted by Crippen LogP contribution is 2.42. The summed E-state index contributed by atoms with van der Waals surface area (Å²) in [5, 5.41) is 0.612. The fraction of sp³-hybridized carbons (Fsp3) is 0.423. The number of fused-ring (bicyclic) bond motifs is 2. The number of ether oxygens (including phenoxy) is 1. The van der Waals surface area contributed by atoms with Gasteiger partial charge in [0.05, 0.1) is 23.0 Å². The Morgan fingerprint density at radius 3 is 2.18 bits per heavy atom. The van der Waals surface area contributed by atoms with Crippen molar-refractivity contribution < 1.29 is 9.53 Å². The van der Waals surface area contributed by atoms with Crippen molar-refractivity contribution in [3.05, 3.63) is 52.5 Å². The van der Waals surface area contributed by atoms with E-state index in [0.717, 1.165) is 67.3 Å². The second kappa shape index (κ2) is 7.87. The maximum absolute atomic E-state index is 13.0. The van der Waals surface area contributed by atoms with Crippen molar-refractivity contribution in [3.63, 3.8) is 0 Å².